The maximum absolute atomic E-state index is 10.1. The molecule has 3 heteroatoms. The van der Waals surface area contributed by atoms with Crippen LogP contribution in [0.5, 0.6) is 5.75 Å². The molecule has 4 rings (SSSR count). The van der Waals surface area contributed by atoms with Crippen molar-refractivity contribution < 1.29 is 9.84 Å². The molecule has 1 aliphatic heterocycles. The van der Waals surface area contributed by atoms with Crippen LogP contribution in [-0.4, -0.2) is 24.9 Å². The molecule has 3 unspecified atom stereocenters. The minimum atomic E-state index is -0.265. The van der Waals surface area contributed by atoms with E-state index in [1.165, 1.54) is 27.9 Å². The summed E-state index contributed by atoms with van der Waals surface area (Å²) in [6.07, 6.45) is 2.72. The fourth-order valence-corrected chi connectivity index (χ4v) is 5.42. The van der Waals surface area contributed by atoms with E-state index in [1.54, 1.807) is 7.11 Å². The Morgan fingerprint density at radius 1 is 1.30 bits per heavy atom. The fraction of sp³-hybridized carbons (Fsp3) is 0.500. The van der Waals surface area contributed by atoms with Crippen molar-refractivity contribution in [3.05, 3.63) is 58.7 Å². The Balaban J connectivity index is 1.81. The number of benzene rings is 2. The second-order valence-electron chi connectivity index (χ2n) is 8.66. The fourth-order valence-electron chi connectivity index (χ4n) is 5.42. The summed E-state index contributed by atoms with van der Waals surface area (Å²) in [4.78, 5) is 2.55. The molecule has 2 aromatic carbocycles. The first-order valence-corrected chi connectivity index (χ1v) is 10.1. The molecule has 1 N–H and O–H groups in total. The number of aliphatic hydroxyl groups excluding tert-OH is 1. The zero-order chi connectivity index (χ0) is 19.2. The van der Waals surface area contributed by atoms with E-state index in [0.717, 1.165) is 38.1 Å². The molecule has 0 radical (unpaired) electrons. The summed E-state index contributed by atoms with van der Waals surface area (Å²) in [5.74, 6) is 1.49. The van der Waals surface area contributed by atoms with Gasteiger partial charge in [0, 0.05) is 24.3 Å². The predicted molar refractivity (Wildman–Crippen MR) is 111 cm³/mol. The summed E-state index contributed by atoms with van der Waals surface area (Å²) in [7, 11) is 1.78. The van der Waals surface area contributed by atoms with Gasteiger partial charge in [0.05, 0.1) is 13.2 Å². The molecule has 3 nitrogen and oxygen atoms in total. The van der Waals surface area contributed by atoms with Crippen LogP contribution < -0.4 is 9.64 Å². The molecule has 2 aliphatic rings. The van der Waals surface area contributed by atoms with Crippen LogP contribution in [0.1, 0.15) is 48.9 Å². The van der Waals surface area contributed by atoms with Crippen molar-refractivity contribution in [1.82, 2.24) is 0 Å². The van der Waals surface area contributed by atoms with E-state index < -0.39 is 0 Å². The van der Waals surface area contributed by atoms with Crippen molar-refractivity contribution in [2.24, 2.45) is 5.92 Å². The van der Waals surface area contributed by atoms with Gasteiger partial charge in [-0.15, -0.1) is 0 Å². The lowest BCUT2D eigenvalue weighted by molar-refractivity contribution is 0.133. The van der Waals surface area contributed by atoms with Gasteiger partial charge in [-0.05, 0) is 67.2 Å². The summed E-state index contributed by atoms with van der Waals surface area (Å²) in [6, 6.07) is 12.9. The first-order valence-electron chi connectivity index (χ1n) is 10.1. The monoisotopic (exact) mass is 365 g/mol. The van der Waals surface area contributed by atoms with Gasteiger partial charge in [-0.25, -0.2) is 0 Å². The largest absolute Gasteiger partial charge is 0.496 e. The number of ether oxygens (including phenoxy) is 1. The van der Waals surface area contributed by atoms with Gasteiger partial charge in [0.2, 0.25) is 0 Å². The van der Waals surface area contributed by atoms with E-state index in [1.807, 2.05) is 6.92 Å². The Morgan fingerprint density at radius 2 is 2.04 bits per heavy atom. The number of hydrogen-bond donors (Lipinski definition) is 1. The molecule has 0 fully saturated rings. The van der Waals surface area contributed by atoms with Crippen LogP contribution in [0.3, 0.4) is 0 Å². The zero-order valence-corrected chi connectivity index (χ0v) is 17.0. The lowest BCUT2D eigenvalue weighted by Crippen LogP contribution is -2.41. The van der Waals surface area contributed by atoms with Gasteiger partial charge in [0.1, 0.15) is 5.75 Å². The Kier molecular flexibility index (Phi) is 4.67. The van der Waals surface area contributed by atoms with Crippen molar-refractivity contribution in [2.75, 3.05) is 18.6 Å². The maximum Gasteiger partial charge on any atom is 0.122 e. The maximum atomic E-state index is 10.1. The standard InChI is InChI=1S/C24H31NO2/c1-16-12-21(27-4)20-14-19(13-17(2)26)24(3)10-11-25(23(16)22(20)24)15-18-8-6-5-7-9-18/h5-9,12,17,19,26H,10-11,13-15H2,1-4H3. The molecule has 0 bridgehead atoms. The summed E-state index contributed by atoms with van der Waals surface area (Å²) >= 11 is 0. The van der Waals surface area contributed by atoms with Crippen molar-refractivity contribution in [2.45, 2.75) is 58.1 Å². The number of aryl methyl sites for hydroxylation is 1. The minimum Gasteiger partial charge on any atom is -0.496 e. The van der Waals surface area contributed by atoms with E-state index in [9.17, 15) is 5.11 Å². The van der Waals surface area contributed by atoms with Crippen LogP contribution in [-0.2, 0) is 18.4 Å². The Hall–Kier alpha value is -2.00. The third-order valence-electron chi connectivity index (χ3n) is 6.76. The van der Waals surface area contributed by atoms with Crippen molar-refractivity contribution in [1.29, 1.82) is 0 Å². The zero-order valence-electron chi connectivity index (χ0n) is 17.0. The van der Waals surface area contributed by atoms with Gasteiger partial charge in [0.15, 0.2) is 0 Å². The van der Waals surface area contributed by atoms with Crippen LogP contribution in [0.4, 0.5) is 5.69 Å². The average Bonchev–Trinajstić information content (AvgIpc) is 2.93. The SMILES string of the molecule is COc1cc(C)c2c3c1CC(CC(C)O)C3(C)CCN2Cc1ccccc1. The second kappa shape index (κ2) is 6.87. The summed E-state index contributed by atoms with van der Waals surface area (Å²) in [5, 5.41) is 10.1. The first-order chi connectivity index (χ1) is 12.9. The first kappa shape index (κ1) is 18.4. The van der Waals surface area contributed by atoms with Gasteiger partial charge in [-0.2, -0.15) is 0 Å². The third kappa shape index (κ3) is 3.02. The van der Waals surface area contributed by atoms with Crippen molar-refractivity contribution in [3.63, 3.8) is 0 Å². The molecule has 0 saturated carbocycles. The number of hydrogen-bond acceptors (Lipinski definition) is 3. The highest BCUT2D eigenvalue weighted by Crippen LogP contribution is 2.57. The Morgan fingerprint density at radius 3 is 2.70 bits per heavy atom. The van der Waals surface area contributed by atoms with Gasteiger partial charge in [0.25, 0.3) is 0 Å². The lowest BCUT2D eigenvalue weighted by Gasteiger charge is -2.44. The highest BCUT2D eigenvalue weighted by Gasteiger charge is 2.49. The highest BCUT2D eigenvalue weighted by molar-refractivity contribution is 5.71. The van der Waals surface area contributed by atoms with Crippen LogP contribution in [0.25, 0.3) is 0 Å². The molecular weight excluding hydrogens is 334 g/mol. The molecular formula is C24H31NO2. The quantitative estimate of drug-likeness (QED) is 0.839. The molecule has 27 heavy (non-hydrogen) atoms. The van der Waals surface area contributed by atoms with E-state index in [0.29, 0.717) is 5.92 Å². The smallest absolute Gasteiger partial charge is 0.122 e. The molecule has 144 valence electrons. The van der Waals surface area contributed by atoms with E-state index in [2.05, 4.69) is 55.1 Å². The summed E-state index contributed by atoms with van der Waals surface area (Å²) in [5.41, 5.74) is 7.01. The number of anilines is 1. The molecule has 0 saturated heterocycles. The van der Waals surface area contributed by atoms with Gasteiger partial charge < -0.3 is 14.7 Å². The highest BCUT2D eigenvalue weighted by atomic mass is 16.5. The molecule has 1 aliphatic carbocycles. The normalized spacial score (nSPS) is 24.6. The number of rotatable bonds is 5. The molecule has 3 atom stereocenters. The number of nitrogens with zero attached hydrogens (tertiary/aromatic N) is 1. The predicted octanol–water partition coefficient (Wildman–Crippen LogP) is 4.61. The molecule has 0 spiro atoms. The van der Waals surface area contributed by atoms with Crippen molar-refractivity contribution >= 4 is 5.69 Å². The number of methoxy groups -OCH3 is 1. The molecule has 0 aromatic heterocycles. The van der Waals surface area contributed by atoms with Gasteiger partial charge >= 0.3 is 0 Å². The second-order valence-corrected chi connectivity index (χ2v) is 8.66. The molecule has 0 amide bonds. The summed E-state index contributed by atoms with van der Waals surface area (Å²) in [6.45, 7) is 8.54. The number of aliphatic hydroxyl groups is 1. The van der Waals surface area contributed by atoms with Gasteiger partial charge in [-0.1, -0.05) is 37.3 Å². The van der Waals surface area contributed by atoms with E-state index in [4.69, 9.17) is 4.74 Å². The van der Waals surface area contributed by atoms with Crippen LogP contribution in [0.15, 0.2) is 36.4 Å². The van der Waals surface area contributed by atoms with E-state index >= 15 is 0 Å². The Labute approximate surface area is 163 Å². The summed E-state index contributed by atoms with van der Waals surface area (Å²) < 4.78 is 5.78. The van der Waals surface area contributed by atoms with Gasteiger partial charge in [-0.3, -0.25) is 0 Å². The van der Waals surface area contributed by atoms with Crippen molar-refractivity contribution in [3.8, 4) is 5.75 Å². The molecule has 2 aromatic rings. The third-order valence-corrected chi connectivity index (χ3v) is 6.76. The van der Waals surface area contributed by atoms with Crippen LogP contribution >= 0.6 is 0 Å². The van der Waals surface area contributed by atoms with Crippen LogP contribution in [0, 0.1) is 12.8 Å². The topological polar surface area (TPSA) is 32.7 Å². The van der Waals surface area contributed by atoms with E-state index in [-0.39, 0.29) is 11.5 Å². The molecule has 1 heterocycles. The average molecular weight is 366 g/mol. The lowest BCUT2D eigenvalue weighted by atomic mass is 9.69. The Bertz CT molecular complexity index is 830. The minimum absolute atomic E-state index is 0.119. The van der Waals surface area contributed by atoms with Crippen LogP contribution in [0.2, 0.25) is 0 Å².